The minimum absolute atomic E-state index is 0.473. The summed E-state index contributed by atoms with van der Waals surface area (Å²) >= 11 is 5.08. The summed E-state index contributed by atoms with van der Waals surface area (Å²) in [6, 6.07) is 9.18. The molecule has 2 aromatic rings. The van der Waals surface area contributed by atoms with Crippen molar-refractivity contribution < 1.29 is 9.47 Å². The first-order valence-corrected chi connectivity index (χ1v) is 6.84. The third kappa shape index (κ3) is 2.84. The molecule has 0 amide bonds. The van der Waals surface area contributed by atoms with Crippen LogP contribution in [0.15, 0.2) is 34.1 Å². The first-order chi connectivity index (χ1) is 8.74. The summed E-state index contributed by atoms with van der Waals surface area (Å²) in [5, 5.41) is 10.8. The fourth-order valence-corrected chi connectivity index (χ4v) is 2.81. The van der Waals surface area contributed by atoms with E-state index in [9.17, 15) is 0 Å². The zero-order chi connectivity index (χ0) is 13.0. The average molecular weight is 324 g/mol. The molecule has 5 heteroatoms. The van der Waals surface area contributed by atoms with Gasteiger partial charge in [0, 0.05) is 10.5 Å². The first kappa shape index (κ1) is 12.9. The topological polar surface area (TPSA) is 42.2 Å². The van der Waals surface area contributed by atoms with E-state index in [1.807, 2.05) is 11.4 Å². The SMILES string of the molecule is COc1cc(C#N)ccc1OCc1sccc1Br. The van der Waals surface area contributed by atoms with Crippen LogP contribution in [0.25, 0.3) is 0 Å². The number of halogens is 1. The van der Waals surface area contributed by atoms with Gasteiger partial charge in [-0.15, -0.1) is 11.3 Å². The van der Waals surface area contributed by atoms with E-state index in [2.05, 4.69) is 22.0 Å². The highest BCUT2D eigenvalue weighted by molar-refractivity contribution is 9.10. The number of benzene rings is 1. The van der Waals surface area contributed by atoms with Crippen LogP contribution >= 0.6 is 27.3 Å². The Morgan fingerprint density at radius 1 is 1.33 bits per heavy atom. The number of hydrogen-bond donors (Lipinski definition) is 0. The lowest BCUT2D eigenvalue weighted by Gasteiger charge is -2.10. The number of rotatable bonds is 4. The Bertz CT molecular complexity index is 589. The molecule has 0 aliphatic carbocycles. The predicted molar refractivity (Wildman–Crippen MR) is 74.1 cm³/mol. The number of nitrogens with zero attached hydrogens (tertiary/aromatic N) is 1. The van der Waals surface area contributed by atoms with Crippen LogP contribution in [-0.2, 0) is 6.61 Å². The minimum Gasteiger partial charge on any atom is -0.493 e. The van der Waals surface area contributed by atoms with Gasteiger partial charge in [-0.2, -0.15) is 5.26 Å². The van der Waals surface area contributed by atoms with Crippen LogP contribution in [0.1, 0.15) is 10.4 Å². The van der Waals surface area contributed by atoms with Crippen LogP contribution in [0.2, 0.25) is 0 Å². The van der Waals surface area contributed by atoms with Crippen molar-refractivity contribution in [2.45, 2.75) is 6.61 Å². The monoisotopic (exact) mass is 323 g/mol. The third-order valence-corrected chi connectivity index (χ3v) is 4.24. The Balaban J connectivity index is 2.15. The molecule has 0 atom stereocenters. The van der Waals surface area contributed by atoms with Gasteiger partial charge in [-0.1, -0.05) is 0 Å². The molecule has 92 valence electrons. The minimum atomic E-state index is 0.473. The molecule has 0 radical (unpaired) electrons. The van der Waals surface area contributed by atoms with E-state index in [1.165, 1.54) is 0 Å². The van der Waals surface area contributed by atoms with Crippen molar-refractivity contribution in [3.8, 4) is 17.6 Å². The van der Waals surface area contributed by atoms with Gasteiger partial charge in [0.05, 0.1) is 23.6 Å². The Morgan fingerprint density at radius 2 is 2.17 bits per heavy atom. The van der Waals surface area contributed by atoms with Crippen LogP contribution < -0.4 is 9.47 Å². The molecular weight excluding hydrogens is 314 g/mol. The highest BCUT2D eigenvalue weighted by Crippen LogP contribution is 2.30. The summed E-state index contributed by atoms with van der Waals surface area (Å²) in [6.45, 7) is 0.473. The van der Waals surface area contributed by atoms with Gasteiger partial charge in [0.25, 0.3) is 0 Å². The maximum Gasteiger partial charge on any atom is 0.162 e. The molecule has 0 saturated carbocycles. The largest absolute Gasteiger partial charge is 0.493 e. The fraction of sp³-hybridized carbons (Fsp3) is 0.154. The molecule has 1 heterocycles. The van der Waals surface area contributed by atoms with Gasteiger partial charge in [-0.3, -0.25) is 0 Å². The van der Waals surface area contributed by atoms with Crippen molar-refractivity contribution in [3.05, 3.63) is 44.6 Å². The van der Waals surface area contributed by atoms with Crippen LogP contribution in [0.5, 0.6) is 11.5 Å². The molecule has 18 heavy (non-hydrogen) atoms. The average Bonchev–Trinajstić information content (AvgIpc) is 2.81. The molecule has 1 aromatic heterocycles. The van der Waals surface area contributed by atoms with Gasteiger partial charge in [-0.05, 0) is 39.5 Å². The lowest BCUT2D eigenvalue weighted by molar-refractivity contribution is 0.287. The van der Waals surface area contributed by atoms with E-state index in [0.717, 1.165) is 9.35 Å². The summed E-state index contributed by atoms with van der Waals surface area (Å²) in [4.78, 5) is 1.11. The molecule has 0 aliphatic heterocycles. The lowest BCUT2D eigenvalue weighted by Crippen LogP contribution is -1.96. The van der Waals surface area contributed by atoms with E-state index >= 15 is 0 Å². The molecule has 0 saturated heterocycles. The molecule has 1 aromatic carbocycles. The standard InChI is InChI=1S/C13H10BrNO2S/c1-16-12-6-9(7-15)2-3-11(12)17-8-13-10(14)4-5-18-13/h2-6H,8H2,1H3. The Hall–Kier alpha value is -1.51. The highest BCUT2D eigenvalue weighted by atomic mass is 79.9. The normalized spacial score (nSPS) is 9.83. The van der Waals surface area contributed by atoms with Crippen molar-refractivity contribution in [3.63, 3.8) is 0 Å². The summed E-state index contributed by atoms with van der Waals surface area (Å²) in [5.41, 5.74) is 0.552. The van der Waals surface area contributed by atoms with Crippen LogP contribution in [-0.4, -0.2) is 7.11 Å². The van der Waals surface area contributed by atoms with Crippen LogP contribution in [0.3, 0.4) is 0 Å². The van der Waals surface area contributed by atoms with Gasteiger partial charge < -0.3 is 9.47 Å². The van der Waals surface area contributed by atoms with Gasteiger partial charge in [0.15, 0.2) is 11.5 Å². The third-order valence-electron chi connectivity index (χ3n) is 2.34. The quantitative estimate of drug-likeness (QED) is 0.854. The maximum absolute atomic E-state index is 8.81. The van der Waals surface area contributed by atoms with Crippen molar-refractivity contribution in [1.29, 1.82) is 5.26 Å². The van der Waals surface area contributed by atoms with Gasteiger partial charge in [0.1, 0.15) is 6.61 Å². The molecule has 3 nitrogen and oxygen atoms in total. The summed E-state index contributed by atoms with van der Waals surface area (Å²) in [6.07, 6.45) is 0. The highest BCUT2D eigenvalue weighted by Gasteiger charge is 2.08. The van der Waals surface area contributed by atoms with Crippen LogP contribution in [0.4, 0.5) is 0 Å². The summed E-state index contributed by atoms with van der Waals surface area (Å²) < 4.78 is 11.9. The van der Waals surface area contributed by atoms with Crippen molar-refractivity contribution in [1.82, 2.24) is 0 Å². The number of methoxy groups -OCH3 is 1. The summed E-state index contributed by atoms with van der Waals surface area (Å²) in [7, 11) is 1.56. The fourth-order valence-electron chi connectivity index (χ4n) is 1.43. The molecule has 0 N–H and O–H groups in total. The maximum atomic E-state index is 8.81. The van der Waals surface area contributed by atoms with Gasteiger partial charge >= 0.3 is 0 Å². The van der Waals surface area contributed by atoms with E-state index < -0.39 is 0 Å². The number of nitriles is 1. The van der Waals surface area contributed by atoms with Gasteiger partial charge in [0.2, 0.25) is 0 Å². The molecule has 0 fully saturated rings. The molecule has 2 rings (SSSR count). The Morgan fingerprint density at radius 3 is 2.78 bits per heavy atom. The molecular formula is C13H10BrNO2S. The lowest BCUT2D eigenvalue weighted by atomic mass is 10.2. The first-order valence-electron chi connectivity index (χ1n) is 5.17. The molecule has 0 aliphatic rings. The Kier molecular flexibility index (Phi) is 4.24. The molecule has 0 bridgehead atoms. The van der Waals surface area contributed by atoms with E-state index in [-0.39, 0.29) is 0 Å². The van der Waals surface area contributed by atoms with E-state index in [0.29, 0.717) is 23.7 Å². The van der Waals surface area contributed by atoms with Crippen LogP contribution in [0, 0.1) is 11.3 Å². The zero-order valence-corrected chi connectivity index (χ0v) is 12.0. The second kappa shape index (κ2) is 5.89. The second-order valence-corrected chi connectivity index (χ2v) is 5.31. The smallest absolute Gasteiger partial charge is 0.162 e. The number of ether oxygens (including phenoxy) is 2. The van der Waals surface area contributed by atoms with Crippen molar-refractivity contribution >= 4 is 27.3 Å². The summed E-state index contributed by atoms with van der Waals surface area (Å²) in [5.74, 6) is 1.21. The predicted octanol–water partition coefficient (Wildman–Crippen LogP) is 3.97. The van der Waals surface area contributed by atoms with Crippen molar-refractivity contribution in [2.24, 2.45) is 0 Å². The van der Waals surface area contributed by atoms with Gasteiger partial charge in [-0.25, -0.2) is 0 Å². The number of hydrogen-bond acceptors (Lipinski definition) is 4. The molecule has 0 unspecified atom stereocenters. The zero-order valence-electron chi connectivity index (χ0n) is 9.64. The Labute approximate surface area is 118 Å². The van der Waals surface area contributed by atoms with E-state index in [4.69, 9.17) is 14.7 Å². The number of thiophene rings is 1. The molecule has 0 spiro atoms. The second-order valence-electron chi connectivity index (χ2n) is 3.46. The van der Waals surface area contributed by atoms with Crippen molar-refractivity contribution in [2.75, 3.05) is 7.11 Å². The van der Waals surface area contributed by atoms with E-state index in [1.54, 1.807) is 36.6 Å².